The topological polar surface area (TPSA) is 56.1 Å². The number of nitrogens with zero attached hydrogens (tertiary/aromatic N) is 2. The predicted molar refractivity (Wildman–Crippen MR) is 67.0 cm³/mol. The smallest absolute Gasteiger partial charge is 0.319 e. The van der Waals surface area contributed by atoms with Crippen molar-refractivity contribution in [1.82, 2.24) is 10.2 Å². The van der Waals surface area contributed by atoms with E-state index in [1.165, 1.54) is 11.3 Å². The largest absolute Gasteiger partial charge is 0.329 e. The summed E-state index contributed by atoms with van der Waals surface area (Å²) in [6, 6.07) is 5.57. The van der Waals surface area contributed by atoms with Crippen molar-refractivity contribution in [3.05, 3.63) is 21.3 Å². The van der Waals surface area contributed by atoms with E-state index in [0.717, 1.165) is 4.88 Å². The number of rotatable bonds is 2. The van der Waals surface area contributed by atoms with Gasteiger partial charge in [-0.3, -0.25) is 0 Å². The lowest BCUT2D eigenvalue weighted by atomic mass is 10.1. The third-order valence-corrected chi connectivity index (χ3v) is 4.14. The van der Waals surface area contributed by atoms with Crippen molar-refractivity contribution in [3.63, 3.8) is 0 Å². The zero-order valence-corrected chi connectivity index (χ0v) is 11.1. The summed E-state index contributed by atoms with van der Waals surface area (Å²) >= 11 is 7.32. The Balaban J connectivity index is 2.18. The van der Waals surface area contributed by atoms with Crippen LogP contribution in [0.4, 0.5) is 4.79 Å². The molecule has 0 saturated carbocycles. The van der Waals surface area contributed by atoms with Crippen LogP contribution in [0.2, 0.25) is 4.34 Å². The van der Waals surface area contributed by atoms with Crippen molar-refractivity contribution in [3.8, 4) is 6.07 Å². The van der Waals surface area contributed by atoms with E-state index < -0.39 is 5.54 Å². The lowest BCUT2D eigenvalue weighted by Crippen LogP contribution is -2.44. The van der Waals surface area contributed by atoms with E-state index in [-0.39, 0.29) is 12.1 Å². The van der Waals surface area contributed by atoms with Crippen LogP contribution in [-0.2, 0) is 0 Å². The first-order valence-corrected chi connectivity index (χ1v) is 6.38. The molecule has 0 spiro atoms. The highest BCUT2D eigenvalue weighted by atomic mass is 35.5. The molecule has 1 N–H and O–H groups in total. The highest BCUT2D eigenvalue weighted by Crippen LogP contribution is 2.32. The monoisotopic (exact) mass is 269 g/mol. The second-order valence-electron chi connectivity index (χ2n) is 4.43. The van der Waals surface area contributed by atoms with E-state index in [1.807, 2.05) is 12.1 Å². The molecule has 1 aromatic heterocycles. The fraction of sp³-hybridized carbons (Fsp3) is 0.455. The lowest BCUT2D eigenvalue weighted by molar-refractivity contribution is 0.186. The normalized spacial score (nSPS) is 20.2. The molecule has 0 aromatic carbocycles. The van der Waals surface area contributed by atoms with Gasteiger partial charge in [-0.2, -0.15) is 5.26 Å². The number of amides is 2. The zero-order chi connectivity index (χ0) is 12.6. The average Bonchev–Trinajstić information content (AvgIpc) is 2.85. The second kappa shape index (κ2) is 4.21. The maximum atomic E-state index is 11.8. The molecule has 1 fully saturated rings. The van der Waals surface area contributed by atoms with Crippen LogP contribution in [0.1, 0.15) is 24.8 Å². The SMILES string of the molecule is CC(C)(C#N)N1CC(c2ccc(Cl)s2)NC1=O. The molecule has 1 saturated heterocycles. The van der Waals surface area contributed by atoms with Crippen LogP contribution in [-0.4, -0.2) is 23.0 Å². The first kappa shape index (κ1) is 12.2. The number of thiophene rings is 1. The Bertz CT molecular complexity index is 491. The van der Waals surface area contributed by atoms with Gasteiger partial charge in [-0.25, -0.2) is 4.79 Å². The molecule has 17 heavy (non-hydrogen) atoms. The van der Waals surface area contributed by atoms with Gasteiger partial charge in [0.25, 0.3) is 0 Å². The van der Waals surface area contributed by atoms with Crippen LogP contribution in [0.3, 0.4) is 0 Å². The van der Waals surface area contributed by atoms with Gasteiger partial charge in [-0.1, -0.05) is 11.6 Å². The van der Waals surface area contributed by atoms with Gasteiger partial charge in [0.15, 0.2) is 0 Å². The van der Waals surface area contributed by atoms with Gasteiger partial charge in [0, 0.05) is 11.4 Å². The van der Waals surface area contributed by atoms with Gasteiger partial charge in [-0.15, -0.1) is 11.3 Å². The van der Waals surface area contributed by atoms with E-state index in [1.54, 1.807) is 18.7 Å². The minimum atomic E-state index is -0.792. The van der Waals surface area contributed by atoms with Gasteiger partial charge in [-0.05, 0) is 26.0 Å². The van der Waals surface area contributed by atoms with Crippen molar-refractivity contribution in [2.24, 2.45) is 0 Å². The van der Waals surface area contributed by atoms with Crippen molar-refractivity contribution >= 4 is 29.0 Å². The maximum absolute atomic E-state index is 11.8. The first-order chi connectivity index (χ1) is 7.94. The predicted octanol–water partition coefficient (Wildman–Crippen LogP) is 2.77. The maximum Gasteiger partial charge on any atom is 0.319 e. The van der Waals surface area contributed by atoms with Crippen molar-refractivity contribution in [2.75, 3.05) is 6.54 Å². The molecule has 0 radical (unpaired) electrons. The van der Waals surface area contributed by atoms with E-state index in [9.17, 15) is 4.79 Å². The van der Waals surface area contributed by atoms with Gasteiger partial charge >= 0.3 is 6.03 Å². The third kappa shape index (κ3) is 2.24. The van der Waals surface area contributed by atoms with Crippen LogP contribution in [0.5, 0.6) is 0 Å². The van der Waals surface area contributed by atoms with E-state index >= 15 is 0 Å². The van der Waals surface area contributed by atoms with Crippen molar-refractivity contribution in [2.45, 2.75) is 25.4 Å². The number of hydrogen-bond donors (Lipinski definition) is 1. The van der Waals surface area contributed by atoms with Gasteiger partial charge in [0.05, 0.1) is 16.4 Å². The van der Waals surface area contributed by atoms with Crippen LogP contribution in [0.15, 0.2) is 12.1 Å². The minimum Gasteiger partial charge on any atom is -0.329 e. The van der Waals surface area contributed by atoms with Gasteiger partial charge in [0.2, 0.25) is 0 Å². The summed E-state index contributed by atoms with van der Waals surface area (Å²) in [5.41, 5.74) is -0.792. The number of halogens is 1. The molecular formula is C11H12ClN3OS. The molecule has 2 heterocycles. The van der Waals surface area contributed by atoms with Crippen LogP contribution in [0, 0.1) is 11.3 Å². The Hall–Kier alpha value is -1.25. The number of hydrogen-bond acceptors (Lipinski definition) is 3. The number of urea groups is 1. The molecule has 1 aliphatic heterocycles. The Kier molecular flexibility index (Phi) is 3.02. The molecule has 2 rings (SSSR count). The minimum absolute atomic E-state index is 0.0763. The van der Waals surface area contributed by atoms with Gasteiger partial charge in [0.1, 0.15) is 5.54 Å². The van der Waals surface area contributed by atoms with E-state index in [0.29, 0.717) is 10.9 Å². The molecule has 0 aliphatic carbocycles. The average molecular weight is 270 g/mol. The summed E-state index contributed by atoms with van der Waals surface area (Å²) in [5.74, 6) is 0. The number of carbonyl (C=O) groups excluding carboxylic acids is 1. The Morgan fingerprint density at radius 3 is 2.88 bits per heavy atom. The van der Waals surface area contributed by atoms with E-state index in [4.69, 9.17) is 16.9 Å². The molecule has 90 valence electrons. The van der Waals surface area contributed by atoms with Crippen LogP contribution >= 0.6 is 22.9 Å². The molecule has 1 atom stereocenters. The Labute approximate surface area is 109 Å². The van der Waals surface area contributed by atoms with Crippen LogP contribution < -0.4 is 5.32 Å². The summed E-state index contributed by atoms with van der Waals surface area (Å²) in [4.78, 5) is 14.4. The number of nitrogens with one attached hydrogen (secondary N) is 1. The summed E-state index contributed by atoms with van der Waals surface area (Å²) in [5, 5.41) is 11.9. The number of nitriles is 1. The van der Waals surface area contributed by atoms with Crippen molar-refractivity contribution in [1.29, 1.82) is 5.26 Å². The highest BCUT2D eigenvalue weighted by molar-refractivity contribution is 7.16. The zero-order valence-electron chi connectivity index (χ0n) is 9.53. The molecule has 4 nitrogen and oxygen atoms in total. The first-order valence-electron chi connectivity index (χ1n) is 5.18. The summed E-state index contributed by atoms with van der Waals surface area (Å²) in [6.45, 7) is 3.96. The van der Waals surface area contributed by atoms with Crippen molar-refractivity contribution < 1.29 is 4.79 Å². The van der Waals surface area contributed by atoms with Gasteiger partial charge < -0.3 is 10.2 Å². The molecule has 6 heteroatoms. The summed E-state index contributed by atoms with van der Waals surface area (Å²) in [7, 11) is 0. The molecule has 1 aromatic rings. The standard InChI is InChI=1S/C11H12ClN3OS/c1-11(2,6-13)15-5-7(14-10(15)16)8-3-4-9(12)17-8/h3-4,7H,5H2,1-2H3,(H,14,16). The Morgan fingerprint density at radius 1 is 1.65 bits per heavy atom. The molecule has 0 bridgehead atoms. The second-order valence-corrected chi connectivity index (χ2v) is 6.17. The highest BCUT2D eigenvalue weighted by Gasteiger charge is 2.39. The molecule has 1 aliphatic rings. The molecule has 2 amide bonds. The fourth-order valence-corrected chi connectivity index (χ4v) is 2.86. The lowest BCUT2D eigenvalue weighted by Gasteiger charge is -2.27. The number of carbonyl (C=O) groups is 1. The summed E-state index contributed by atoms with van der Waals surface area (Å²) in [6.07, 6.45) is 0. The van der Waals surface area contributed by atoms with E-state index in [2.05, 4.69) is 11.4 Å². The fourth-order valence-electron chi connectivity index (χ4n) is 1.76. The quantitative estimate of drug-likeness (QED) is 0.898. The Morgan fingerprint density at radius 2 is 2.35 bits per heavy atom. The van der Waals surface area contributed by atoms with Crippen LogP contribution in [0.25, 0.3) is 0 Å². The molecule has 1 unspecified atom stereocenters. The molecular weight excluding hydrogens is 258 g/mol. The summed E-state index contributed by atoms with van der Waals surface area (Å²) < 4.78 is 0.701. The third-order valence-electron chi connectivity index (χ3n) is 2.79.